The number of carbonyl (C=O) groups is 3. The summed E-state index contributed by atoms with van der Waals surface area (Å²) in [5, 5.41) is 12.3. The first-order chi connectivity index (χ1) is 38.6. The number of aromatic nitrogens is 5. The standard InChI is InChI=1S/C58H62F2N12O7S/c1-4-42-46(59)13-9-36-6-5-7-44(49(36)42)51-50(60)52-45(28-61-51)53(69-30-38-10-11-39(31-69)62-38)65-55(64-52)79-33-58-20-14-40(72(58)29-34(2)27-58)32-78-57(75)68-21-17-41(18-22-68)80(76,77)70-23-15-35(16-24-70)37-8-12-43-47(26-37)67(3)66-54(43)71-25-19-48(73)63-56(71)74/h1,5-9,12-13,26,28,35,38-41,62H,2,10-11,14-25,27,29-33H2,3H3,(H,63,73,74)/t38-,39+,40-,58-/m0/s1. The molecule has 0 radical (unpaired) electrons. The average Bonchev–Trinajstić information content (AvgIpc) is 4.30. The molecule has 0 unspecified atom stereocenters. The predicted molar refractivity (Wildman–Crippen MR) is 297 cm³/mol. The molecule has 2 N–H and O–H groups in total. The lowest BCUT2D eigenvalue weighted by Gasteiger charge is -2.37. The van der Waals surface area contributed by atoms with Gasteiger partial charge < -0.3 is 24.6 Å². The number of fused-ring (bicyclic) bond motifs is 6. The van der Waals surface area contributed by atoms with Crippen LogP contribution < -0.4 is 25.2 Å². The second-order valence-corrected chi connectivity index (χ2v) is 25.0. The minimum atomic E-state index is -3.63. The molecule has 3 aromatic carbocycles. The number of piperazine rings is 1. The SMILES string of the molecule is C#Cc1c(F)ccc2cccc(-c3ncc4c(N5C[C@H]6CC[C@@H](C5)N6)nc(OC[C@@]56CC[C@@H](COC(=O)N7CCC(S(=O)(=O)N8CCC(c9ccc%10c(N%11CCC(=O)NC%11=O)nn(C)c%10c9)CC8)CC7)N5CC(=C)C6)nc4c3F)c12. The molecule has 7 saturated heterocycles. The number of nitrogens with zero attached hydrogens (tertiary/aromatic N) is 10. The number of imide groups is 1. The number of likely N-dealkylation sites (tertiary alicyclic amines) is 1. The molecule has 7 aliphatic rings. The van der Waals surface area contributed by atoms with Crippen molar-refractivity contribution < 1.29 is 41.1 Å². The van der Waals surface area contributed by atoms with Crippen LogP contribution in [0.4, 0.5) is 30.0 Å². The molecule has 13 rings (SSSR count). The second kappa shape index (κ2) is 20.3. The van der Waals surface area contributed by atoms with E-state index in [4.69, 9.17) is 25.9 Å². The normalized spacial score (nSPS) is 24.3. The molecule has 6 aromatic rings. The van der Waals surface area contributed by atoms with Gasteiger partial charge in [-0.15, -0.1) is 6.42 Å². The van der Waals surface area contributed by atoms with E-state index in [0.29, 0.717) is 98.2 Å². The fourth-order valence-corrected chi connectivity index (χ4v) is 15.8. The smallest absolute Gasteiger partial charge is 0.409 e. The first-order valence-electron chi connectivity index (χ1n) is 27.7. The van der Waals surface area contributed by atoms with Crippen molar-refractivity contribution in [1.82, 2.24) is 49.5 Å². The molecule has 0 saturated carbocycles. The number of piperidine rings is 2. The van der Waals surface area contributed by atoms with Gasteiger partial charge in [-0.2, -0.15) is 15.1 Å². The van der Waals surface area contributed by atoms with Crippen LogP contribution in [-0.2, 0) is 26.6 Å². The second-order valence-electron chi connectivity index (χ2n) is 22.7. The van der Waals surface area contributed by atoms with Crippen molar-refractivity contribution in [2.24, 2.45) is 7.05 Å². The van der Waals surface area contributed by atoms with Gasteiger partial charge >= 0.3 is 18.1 Å². The maximum atomic E-state index is 17.3. The molecule has 4 atom stereocenters. The van der Waals surface area contributed by atoms with Gasteiger partial charge in [0.15, 0.2) is 11.6 Å². The van der Waals surface area contributed by atoms with Crippen LogP contribution in [0.2, 0.25) is 0 Å². The Balaban J connectivity index is 0.646. The van der Waals surface area contributed by atoms with Crippen LogP contribution in [0, 0.1) is 24.0 Å². The van der Waals surface area contributed by atoms with E-state index in [-0.39, 0.29) is 92.0 Å². The van der Waals surface area contributed by atoms with Gasteiger partial charge in [0.2, 0.25) is 15.9 Å². The number of nitrogens with one attached hydrogen (secondary N) is 2. The van der Waals surface area contributed by atoms with Gasteiger partial charge in [0.1, 0.15) is 36.1 Å². The van der Waals surface area contributed by atoms with Crippen molar-refractivity contribution in [3.63, 3.8) is 0 Å². The third kappa shape index (κ3) is 9.15. The molecule has 7 fully saturated rings. The quantitative estimate of drug-likeness (QED) is 0.102. The van der Waals surface area contributed by atoms with Crippen LogP contribution in [0.15, 0.2) is 66.9 Å². The fraction of sp³-hybridized carbons (Fsp3) is 0.466. The Morgan fingerprint density at radius 2 is 1.73 bits per heavy atom. The molecule has 4 amide bonds. The topological polar surface area (TPSA) is 201 Å². The van der Waals surface area contributed by atoms with E-state index in [0.717, 1.165) is 47.7 Å². The molecule has 22 heteroatoms. The molecule has 80 heavy (non-hydrogen) atoms. The molecule has 3 aromatic heterocycles. The number of anilines is 2. The maximum absolute atomic E-state index is 17.3. The van der Waals surface area contributed by atoms with Crippen molar-refractivity contribution in [3.05, 3.63) is 89.6 Å². The number of hydrogen-bond donors (Lipinski definition) is 2. The number of halogens is 2. The zero-order valence-electron chi connectivity index (χ0n) is 44.5. The summed E-state index contributed by atoms with van der Waals surface area (Å²) in [5.41, 5.74) is 2.82. The zero-order valence-corrected chi connectivity index (χ0v) is 45.3. The van der Waals surface area contributed by atoms with Crippen LogP contribution in [0.5, 0.6) is 6.01 Å². The minimum Gasteiger partial charge on any atom is -0.461 e. The van der Waals surface area contributed by atoms with E-state index in [9.17, 15) is 22.8 Å². The van der Waals surface area contributed by atoms with Gasteiger partial charge in [0, 0.05) is 106 Å². The lowest BCUT2D eigenvalue weighted by molar-refractivity contribution is -0.120. The summed E-state index contributed by atoms with van der Waals surface area (Å²) in [6.07, 6.45) is 13.2. The molecule has 7 aliphatic heterocycles. The van der Waals surface area contributed by atoms with Gasteiger partial charge in [-0.3, -0.25) is 29.6 Å². The van der Waals surface area contributed by atoms with E-state index in [1.54, 1.807) is 44.3 Å². The Hall–Kier alpha value is -7.32. The Bertz CT molecular complexity index is 3690. The maximum Gasteiger partial charge on any atom is 0.409 e. The number of carbonyl (C=O) groups excluding carboxylic acids is 3. The first kappa shape index (κ1) is 52.1. The van der Waals surface area contributed by atoms with E-state index >= 15 is 8.78 Å². The highest BCUT2D eigenvalue weighted by Crippen LogP contribution is 2.45. The van der Waals surface area contributed by atoms with E-state index in [1.165, 1.54) is 11.0 Å². The number of sulfonamides is 1. The third-order valence-electron chi connectivity index (χ3n) is 18.0. The number of hydrogen-bond acceptors (Lipinski definition) is 14. The summed E-state index contributed by atoms with van der Waals surface area (Å²) >= 11 is 0. The highest BCUT2D eigenvalue weighted by Gasteiger charge is 2.52. The molecular weight excluding hydrogens is 1050 g/mol. The van der Waals surface area contributed by atoms with Crippen molar-refractivity contribution in [3.8, 4) is 29.6 Å². The summed E-state index contributed by atoms with van der Waals surface area (Å²) in [6.45, 7) is 8.13. The summed E-state index contributed by atoms with van der Waals surface area (Å²) in [7, 11) is -1.81. The molecule has 19 nitrogen and oxygen atoms in total. The Labute approximate surface area is 461 Å². The number of rotatable bonds is 11. The molecule has 0 aliphatic carbocycles. The Kier molecular flexibility index (Phi) is 13.2. The summed E-state index contributed by atoms with van der Waals surface area (Å²) in [4.78, 5) is 59.9. The Morgan fingerprint density at radius 3 is 2.49 bits per heavy atom. The van der Waals surface area contributed by atoms with Crippen LogP contribution >= 0.6 is 0 Å². The summed E-state index contributed by atoms with van der Waals surface area (Å²) in [6, 6.07) is 14.1. The number of benzene rings is 3. The van der Waals surface area contributed by atoms with Gasteiger partial charge in [-0.05, 0) is 92.9 Å². The average molecular weight is 1110 g/mol. The van der Waals surface area contributed by atoms with Crippen LogP contribution in [-0.4, -0.2) is 160 Å². The molecular formula is C58H62F2N12O7S. The number of pyridine rings is 1. The van der Waals surface area contributed by atoms with Crippen molar-refractivity contribution in [2.75, 3.05) is 75.4 Å². The van der Waals surface area contributed by atoms with Crippen LogP contribution in [0.25, 0.3) is 43.8 Å². The van der Waals surface area contributed by atoms with Gasteiger partial charge in [-0.1, -0.05) is 48.4 Å². The minimum absolute atomic E-state index is 0.0154. The molecule has 2 bridgehead atoms. The van der Waals surface area contributed by atoms with Gasteiger partial charge in [-0.25, -0.2) is 31.1 Å². The molecule has 416 valence electrons. The highest BCUT2D eigenvalue weighted by atomic mass is 32.2. The highest BCUT2D eigenvalue weighted by molar-refractivity contribution is 7.89. The number of urea groups is 1. The number of terminal acetylenes is 1. The monoisotopic (exact) mass is 1110 g/mol. The van der Waals surface area contributed by atoms with Crippen molar-refractivity contribution in [1.29, 1.82) is 0 Å². The first-order valence-corrected chi connectivity index (χ1v) is 29.3. The fourth-order valence-electron chi connectivity index (χ4n) is 13.9. The number of ether oxygens (including phenoxy) is 2. The summed E-state index contributed by atoms with van der Waals surface area (Å²) < 4.78 is 76.4. The van der Waals surface area contributed by atoms with Crippen molar-refractivity contribution in [2.45, 2.75) is 99.0 Å². The molecule has 10 heterocycles. The number of amides is 4. The third-order valence-corrected chi connectivity index (χ3v) is 20.4. The summed E-state index contributed by atoms with van der Waals surface area (Å²) in [5.74, 6) is 2.02. The lowest BCUT2D eigenvalue weighted by atomic mass is 9.90. The van der Waals surface area contributed by atoms with Crippen LogP contribution in [0.1, 0.15) is 81.3 Å². The van der Waals surface area contributed by atoms with E-state index < -0.39 is 44.6 Å². The van der Waals surface area contributed by atoms with Crippen molar-refractivity contribution >= 4 is 72.3 Å². The zero-order chi connectivity index (χ0) is 55.2. The lowest BCUT2D eigenvalue weighted by Crippen LogP contribution is -2.51. The van der Waals surface area contributed by atoms with Gasteiger partial charge in [0.05, 0.1) is 27.3 Å². The Morgan fingerprint density at radius 1 is 0.938 bits per heavy atom. The molecule has 0 spiro atoms. The van der Waals surface area contributed by atoms with Gasteiger partial charge in [0.25, 0.3) is 0 Å². The van der Waals surface area contributed by atoms with E-state index in [1.807, 2.05) is 19.2 Å². The van der Waals surface area contributed by atoms with E-state index in [2.05, 4.69) is 49.1 Å². The number of aryl methyl sites for hydroxylation is 1. The van der Waals surface area contributed by atoms with Crippen LogP contribution in [0.3, 0.4) is 0 Å². The largest absolute Gasteiger partial charge is 0.461 e. The predicted octanol–water partition coefficient (Wildman–Crippen LogP) is 6.73.